The Morgan fingerprint density at radius 3 is 2.07 bits per heavy atom. The average Bonchev–Trinajstić information content (AvgIpc) is 2.95. The van der Waals surface area contributed by atoms with Crippen LogP contribution in [0.1, 0.15) is 30.7 Å². The highest BCUT2D eigenvalue weighted by Gasteiger charge is 2.49. The molecule has 1 aromatic rings. The minimum atomic E-state index is -2.27. The van der Waals surface area contributed by atoms with E-state index in [1.165, 1.54) is 22.7 Å². The molecule has 0 saturated carbocycles. The second-order valence-corrected chi connectivity index (χ2v) is 8.72. The number of nitrogens with zero attached hydrogens (tertiary/aromatic N) is 1. The van der Waals surface area contributed by atoms with Gasteiger partial charge in [-0.25, -0.2) is 9.59 Å². The fraction of sp³-hybridized carbons (Fsp3) is 0.550. The van der Waals surface area contributed by atoms with Gasteiger partial charge in [-0.05, 0) is 66.6 Å². The zero-order chi connectivity index (χ0) is 22.6. The minimum Gasteiger partial charge on any atom is -0.479 e. The maximum Gasteiger partial charge on any atom is 0.335 e. The number of ether oxygens (including phenoxy) is 1. The third kappa shape index (κ3) is 5.48. The number of methoxy groups -OCH3 is 1. The fourth-order valence-corrected chi connectivity index (χ4v) is 4.61. The minimum absolute atomic E-state index is 0.0242. The number of benzene rings is 1. The van der Waals surface area contributed by atoms with Gasteiger partial charge in [0.25, 0.3) is 0 Å². The maximum atomic E-state index is 12.3. The van der Waals surface area contributed by atoms with Gasteiger partial charge in [-0.1, -0.05) is 12.1 Å². The Labute approximate surface area is 187 Å². The van der Waals surface area contributed by atoms with Crippen LogP contribution in [-0.2, 0) is 19.1 Å². The molecule has 166 valence electrons. The number of aliphatic hydroxyl groups is 2. The number of aliphatic carboxylic acids is 2. The summed E-state index contributed by atoms with van der Waals surface area (Å²) in [7, 11) is 3.66. The van der Waals surface area contributed by atoms with Crippen molar-refractivity contribution in [1.82, 2.24) is 4.90 Å². The van der Waals surface area contributed by atoms with Gasteiger partial charge in [0.15, 0.2) is 12.2 Å². The zero-order valence-electron chi connectivity index (χ0n) is 16.6. The number of piperidine rings is 1. The maximum absolute atomic E-state index is 12.3. The number of aliphatic hydroxyl groups excluding tert-OH is 2. The summed E-state index contributed by atoms with van der Waals surface area (Å²) in [5, 5.41) is 32.5. The van der Waals surface area contributed by atoms with Crippen LogP contribution in [0.4, 0.5) is 0 Å². The Balaban J connectivity index is 0.000000274. The molecule has 0 aromatic heterocycles. The number of fused-ring (bicyclic) bond motifs is 2. The summed E-state index contributed by atoms with van der Waals surface area (Å²) in [6, 6.07) is 9.56. The molecule has 1 aromatic carbocycles. The number of rotatable bonds is 5. The highest BCUT2D eigenvalue weighted by atomic mass is 127. The summed E-state index contributed by atoms with van der Waals surface area (Å²) in [5.41, 5.74) is 1.28. The van der Waals surface area contributed by atoms with Crippen molar-refractivity contribution in [2.45, 2.75) is 49.5 Å². The standard InChI is InChI=1S/C16H20INO2.C4H6O6/c1-18-12-7-8-14(18)15(16(19)20-2)13(9-12)10-3-5-11(17)6-4-10;5-1(3(7)8)2(6)4(9)10/h3-6,12-15H,7-9H2,1-2H3;1-2,5-6H,(H,7,8)(H,9,10)/t12-,13+,14+,15-;1-,2-/m00/s1. The first-order chi connectivity index (χ1) is 14.1. The molecule has 2 saturated heterocycles. The molecule has 2 bridgehead atoms. The van der Waals surface area contributed by atoms with E-state index in [2.05, 4.69) is 58.8 Å². The van der Waals surface area contributed by atoms with Gasteiger partial charge in [0.1, 0.15) is 0 Å². The van der Waals surface area contributed by atoms with Crippen molar-refractivity contribution in [3.8, 4) is 0 Å². The summed E-state index contributed by atoms with van der Waals surface area (Å²) >= 11 is 2.32. The van der Waals surface area contributed by atoms with E-state index >= 15 is 0 Å². The molecule has 4 N–H and O–H groups in total. The summed E-state index contributed by atoms with van der Waals surface area (Å²) in [6.07, 6.45) is -1.15. The Morgan fingerprint density at radius 2 is 1.60 bits per heavy atom. The van der Waals surface area contributed by atoms with Crippen molar-refractivity contribution in [2.75, 3.05) is 14.2 Å². The number of carboxylic acids is 2. The van der Waals surface area contributed by atoms with Gasteiger partial charge in [-0.15, -0.1) is 0 Å². The molecule has 2 aliphatic heterocycles. The van der Waals surface area contributed by atoms with Crippen LogP contribution in [0.25, 0.3) is 0 Å². The van der Waals surface area contributed by atoms with Gasteiger partial charge in [-0.2, -0.15) is 0 Å². The number of halogens is 1. The summed E-state index contributed by atoms with van der Waals surface area (Å²) in [4.78, 5) is 34.2. The molecular weight excluding hydrogens is 509 g/mol. The molecule has 2 heterocycles. The van der Waals surface area contributed by atoms with Crippen LogP contribution in [0.15, 0.2) is 24.3 Å². The number of hydrogen-bond acceptors (Lipinski definition) is 7. The molecule has 0 radical (unpaired) electrons. The second kappa shape index (κ2) is 10.5. The van der Waals surface area contributed by atoms with E-state index in [0.717, 1.165) is 12.8 Å². The first kappa shape index (κ1) is 24.5. The lowest BCUT2D eigenvalue weighted by Gasteiger charge is -2.41. The van der Waals surface area contributed by atoms with Crippen molar-refractivity contribution in [2.24, 2.45) is 5.92 Å². The van der Waals surface area contributed by atoms with E-state index < -0.39 is 24.1 Å². The molecule has 6 atom stereocenters. The predicted molar refractivity (Wildman–Crippen MR) is 114 cm³/mol. The summed E-state index contributed by atoms with van der Waals surface area (Å²) in [6.45, 7) is 0. The van der Waals surface area contributed by atoms with Gasteiger partial charge in [-0.3, -0.25) is 9.69 Å². The van der Waals surface area contributed by atoms with Crippen LogP contribution in [0.3, 0.4) is 0 Å². The number of carboxylic acid groups (broad SMARTS) is 2. The zero-order valence-corrected chi connectivity index (χ0v) is 18.8. The lowest BCUT2D eigenvalue weighted by atomic mass is 9.76. The van der Waals surface area contributed by atoms with Crippen LogP contribution in [0.2, 0.25) is 0 Å². The van der Waals surface area contributed by atoms with Crippen molar-refractivity contribution in [3.63, 3.8) is 0 Å². The number of hydrogen-bond donors (Lipinski definition) is 4. The quantitative estimate of drug-likeness (QED) is 0.320. The lowest BCUT2D eigenvalue weighted by Crippen LogP contribution is -2.49. The van der Waals surface area contributed by atoms with E-state index in [0.29, 0.717) is 18.0 Å². The molecule has 30 heavy (non-hydrogen) atoms. The smallest absolute Gasteiger partial charge is 0.335 e. The number of esters is 1. The Bertz CT molecular complexity index is 753. The van der Waals surface area contributed by atoms with E-state index in [1.807, 2.05) is 0 Å². The van der Waals surface area contributed by atoms with Crippen molar-refractivity contribution in [1.29, 1.82) is 0 Å². The topological polar surface area (TPSA) is 145 Å². The molecule has 2 aliphatic rings. The number of carbonyl (C=O) groups excluding carboxylic acids is 1. The van der Waals surface area contributed by atoms with Gasteiger partial charge >= 0.3 is 17.9 Å². The van der Waals surface area contributed by atoms with Crippen LogP contribution >= 0.6 is 22.6 Å². The van der Waals surface area contributed by atoms with Gasteiger partial charge in [0, 0.05) is 21.6 Å². The van der Waals surface area contributed by atoms with Crippen molar-refractivity contribution >= 4 is 40.5 Å². The normalized spacial score (nSPS) is 27.4. The summed E-state index contributed by atoms with van der Waals surface area (Å²) in [5.74, 6) is -3.31. The Hall–Kier alpha value is -1.76. The van der Waals surface area contributed by atoms with Crippen LogP contribution in [0, 0.1) is 9.49 Å². The lowest BCUT2D eigenvalue weighted by molar-refractivity contribution is -0.165. The third-order valence-corrected chi connectivity index (χ3v) is 6.56. The average molecular weight is 535 g/mol. The van der Waals surface area contributed by atoms with E-state index in [1.54, 1.807) is 0 Å². The van der Waals surface area contributed by atoms with Crippen LogP contribution in [-0.4, -0.2) is 81.7 Å². The molecule has 0 unspecified atom stereocenters. The van der Waals surface area contributed by atoms with Crippen LogP contribution < -0.4 is 0 Å². The van der Waals surface area contributed by atoms with Crippen LogP contribution in [0.5, 0.6) is 0 Å². The monoisotopic (exact) mass is 535 g/mol. The highest BCUT2D eigenvalue weighted by molar-refractivity contribution is 14.1. The first-order valence-electron chi connectivity index (χ1n) is 9.45. The van der Waals surface area contributed by atoms with Crippen molar-refractivity contribution in [3.05, 3.63) is 33.4 Å². The Morgan fingerprint density at radius 1 is 1.07 bits per heavy atom. The SMILES string of the molecule is COC(=O)[C@H]1[C@@H](c2ccc(I)cc2)C[C@@H]2CC[C@H]1N2C.O=C(O)[C@@H](O)[C@H](O)C(=O)O. The molecular formula is C20H26INO8. The predicted octanol–water partition coefficient (Wildman–Crippen LogP) is 0.908. The summed E-state index contributed by atoms with van der Waals surface area (Å²) < 4.78 is 6.33. The van der Waals surface area contributed by atoms with E-state index in [-0.39, 0.29) is 11.9 Å². The molecule has 0 aliphatic carbocycles. The molecule has 10 heteroatoms. The molecule has 3 rings (SSSR count). The molecule has 0 amide bonds. The highest BCUT2D eigenvalue weighted by Crippen LogP contribution is 2.46. The molecule has 0 spiro atoms. The second-order valence-electron chi connectivity index (χ2n) is 7.47. The van der Waals surface area contributed by atoms with Crippen molar-refractivity contribution < 1.29 is 39.5 Å². The largest absolute Gasteiger partial charge is 0.479 e. The fourth-order valence-electron chi connectivity index (χ4n) is 4.25. The van der Waals surface area contributed by atoms with E-state index in [9.17, 15) is 14.4 Å². The van der Waals surface area contributed by atoms with Gasteiger partial charge in [0.2, 0.25) is 0 Å². The molecule has 9 nitrogen and oxygen atoms in total. The van der Waals surface area contributed by atoms with Gasteiger partial charge < -0.3 is 25.2 Å². The molecule has 2 fully saturated rings. The first-order valence-corrected chi connectivity index (χ1v) is 10.5. The van der Waals surface area contributed by atoms with E-state index in [4.69, 9.17) is 25.2 Å². The third-order valence-electron chi connectivity index (χ3n) is 5.85. The number of carbonyl (C=O) groups is 3. The Kier molecular flexibility index (Phi) is 8.59. The van der Waals surface area contributed by atoms with Gasteiger partial charge in [0.05, 0.1) is 13.0 Å².